The molecule has 1 heterocycles. The van der Waals surface area contributed by atoms with Gasteiger partial charge in [0.05, 0.1) is 6.61 Å². The fourth-order valence-electron chi connectivity index (χ4n) is 3.13. The highest BCUT2D eigenvalue weighted by molar-refractivity contribution is 5.37. The van der Waals surface area contributed by atoms with Gasteiger partial charge in [-0.3, -0.25) is 0 Å². The highest BCUT2D eigenvalue weighted by atomic mass is 16.5. The van der Waals surface area contributed by atoms with Crippen molar-refractivity contribution in [3.63, 3.8) is 0 Å². The van der Waals surface area contributed by atoms with Crippen molar-refractivity contribution in [1.82, 2.24) is 5.32 Å². The molecule has 2 heteroatoms. The zero-order chi connectivity index (χ0) is 12.9. The zero-order valence-electron chi connectivity index (χ0n) is 11.5. The van der Waals surface area contributed by atoms with E-state index in [0.717, 1.165) is 37.8 Å². The Morgan fingerprint density at radius 2 is 2.05 bits per heavy atom. The minimum absolute atomic E-state index is 0.615. The van der Waals surface area contributed by atoms with E-state index in [1.54, 1.807) is 0 Å². The van der Waals surface area contributed by atoms with Crippen LogP contribution in [0.1, 0.15) is 37.2 Å². The molecule has 1 aromatic carbocycles. The van der Waals surface area contributed by atoms with Gasteiger partial charge in [-0.2, -0.15) is 0 Å². The summed E-state index contributed by atoms with van der Waals surface area (Å²) in [4.78, 5) is 0. The van der Waals surface area contributed by atoms with Gasteiger partial charge < -0.3 is 10.1 Å². The lowest BCUT2D eigenvalue weighted by Gasteiger charge is -2.27. The molecule has 102 valence electrons. The van der Waals surface area contributed by atoms with Gasteiger partial charge in [0, 0.05) is 12.5 Å². The van der Waals surface area contributed by atoms with Crippen molar-refractivity contribution < 1.29 is 4.74 Å². The Bertz CT molecular complexity index is 441. The van der Waals surface area contributed by atoms with E-state index in [1.165, 1.54) is 24.8 Å². The third kappa shape index (κ3) is 3.19. The lowest BCUT2D eigenvalue weighted by atomic mass is 9.92. The number of ether oxygens (including phenoxy) is 1. The van der Waals surface area contributed by atoms with Gasteiger partial charge in [0.1, 0.15) is 5.75 Å². The Kier molecular flexibility index (Phi) is 4.19. The number of hydrogen-bond donors (Lipinski definition) is 1. The van der Waals surface area contributed by atoms with E-state index in [9.17, 15) is 0 Å². The van der Waals surface area contributed by atoms with Crippen LogP contribution in [0.3, 0.4) is 0 Å². The zero-order valence-corrected chi connectivity index (χ0v) is 11.5. The molecule has 1 aliphatic heterocycles. The van der Waals surface area contributed by atoms with E-state index < -0.39 is 0 Å². The summed E-state index contributed by atoms with van der Waals surface area (Å²) in [5.41, 5.74) is 1.38. The van der Waals surface area contributed by atoms with Crippen LogP contribution in [-0.4, -0.2) is 19.7 Å². The second kappa shape index (κ2) is 6.25. The van der Waals surface area contributed by atoms with Crippen LogP contribution < -0.4 is 10.1 Å². The number of hydrogen-bond acceptors (Lipinski definition) is 2. The quantitative estimate of drug-likeness (QED) is 0.834. The third-order valence-corrected chi connectivity index (χ3v) is 4.28. The van der Waals surface area contributed by atoms with E-state index in [0.29, 0.717) is 5.92 Å². The SMILES string of the molecule is C1=CCC(CNCC2CCOc3ccccc32)CC1. The summed E-state index contributed by atoms with van der Waals surface area (Å²) in [5, 5.41) is 3.68. The van der Waals surface area contributed by atoms with Crippen LogP contribution in [0.4, 0.5) is 0 Å². The molecule has 0 aromatic heterocycles. The predicted octanol–water partition coefficient (Wildman–Crippen LogP) is 3.50. The van der Waals surface area contributed by atoms with E-state index >= 15 is 0 Å². The smallest absolute Gasteiger partial charge is 0.122 e. The molecule has 0 spiro atoms. The summed E-state index contributed by atoms with van der Waals surface area (Å²) in [6.07, 6.45) is 9.62. The molecule has 0 saturated carbocycles. The van der Waals surface area contributed by atoms with Gasteiger partial charge in [0.25, 0.3) is 0 Å². The first kappa shape index (κ1) is 12.7. The molecule has 2 unspecified atom stereocenters. The number of rotatable bonds is 4. The number of fused-ring (bicyclic) bond motifs is 1. The Balaban J connectivity index is 1.52. The van der Waals surface area contributed by atoms with E-state index in [-0.39, 0.29) is 0 Å². The molecule has 0 amide bonds. The molecule has 2 aliphatic rings. The maximum absolute atomic E-state index is 5.71. The molecule has 1 aromatic rings. The average molecular weight is 257 g/mol. The molecule has 3 rings (SSSR count). The predicted molar refractivity (Wildman–Crippen MR) is 78.6 cm³/mol. The average Bonchev–Trinajstić information content (AvgIpc) is 2.49. The van der Waals surface area contributed by atoms with Crippen LogP contribution in [-0.2, 0) is 0 Å². The first-order valence-electron chi connectivity index (χ1n) is 7.51. The van der Waals surface area contributed by atoms with Crippen LogP contribution in [0.25, 0.3) is 0 Å². The Labute approximate surface area is 115 Å². The summed E-state index contributed by atoms with van der Waals surface area (Å²) in [6.45, 7) is 3.10. The monoisotopic (exact) mass is 257 g/mol. The number of para-hydroxylation sites is 1. The van der Waals surface area contributed by atoms with Crippen molar-refractivity contribution >= 4 is 0 Å². The van der Waals surface area contributed by atoms with Gasteiger partial charge in [0.15, 0.2) is 0 Å². The van der Waals surface area contributed by atoms with Gasteiger partial charge >= 0.3 is 0 Å². The molecule has 19 heavy (non-hydrogen) atoms. The normalized spacial score (nSPS) is 25.7. The molecule has 0 saturated heterocycles. The van der Waals surface area contributed by atoms with Crippen LogP contribution in [0.5, 0.6) is 5.75 Å². The first-order chi connectivity index (χ1) is 9.43. The van der Waals surface area contributed by atoms with Crippen molar-refractivity contribution in [2.45, 2.75) is 31.6 Å². The maximum atomic E-state index is 5.71. The minimum atomic E-state index is 0.615. The molecule has 0 radical (unpaired) electrons. The van der Waals surface area contributed by atoms with E-state index in [4.69, 9.17) is 4.74 Å². The summed E-state index contributed by atoms with van der Waals surface area (Å²) < 4.78 is 5.71. The van der Waals surface area contributed by atoms with E-state index in [2.05, 4.69) is 41.7 Å². The summed E-state index contributed by atoms with van der Waals surface area (Å²) >= 11 is 0. The standard InChI is InChI=1S/C17H23NO/c1-2-6-14(7-3-1)12-18-13-15-10-11-19-17-9-5-4-8-16(15)17/h1-2,4-5,8-9,14-15,18H,3,6-7,10-13H2. The molecular weight excluding hydrogens is 234 g/mol. The van der Waals surface area contributed by atoms with Crippen molar-refractivity contribution in [1.29, 1.82) is 0 Å². The number of allylic oxidation sites excluding steroid dienone is 2. The lowest BCUT2D eigenvalue weighted by Crippen LogP contribution is -2.30. The Morgan fingerprint density at radius 1 is 1.11 bits per heavy atom. The van der Waals surface area contributed by atoms with Crippen LogP contribution in [0.2, 0.25) is 0 Å². The molecular formula is C17H23NO. The van der Waals surface area contributed by atoms with Crippen LogP contribution in [0.15, 0.2) is 36.4 Å². The molecule has 1 aliphatic carbocycles. The van der Waals surface area contributed by atoms with Crippen LogP contribution in [0, 0.1) is 5.92 Å². The molecule has 1 N–H and O–H groups in total. The molecule has 2 nitrogen and oxygen atoms in total. The van der Waals surface area contributed by atoms with Crippen molar-refractivity contribution in [2.24, 2.45) is 5.92 Å². The third-order valence-electron chi connectivity index (χ3n) is 4.28. The Morgan fingerprint density at radius 3 is 2.95 bits per heavy atom. The van der Waals surface area contributed by atoms with Crippen molar-refractivity contribution in [3.8, 4) is 5.75 Å². The maximum Gasteiger partial charge on any atom is 0.122 e. The van der Waals surface area contributed by atoms with Gasteiger partial charge in [-0.25, -0.2) is 0 Å². The fraction of sp³-hybridized carbons (Fsp3) is 0.529. The van der Waals surface area contributed by atoms with Crippen molar-refractivity contribution in [2.75, 3.05) is 19.7 Å². The highest BCUT2D eigenvalue weighted by Crippen LogP contribution is 2.32. The number of nitrogens with one attached hydrogen (secondary N) is 1. The van der Waals surface area contributed by atoms with Gasteiger partial charge in [-0.05, 0) is 49.8 Å². The molecule has 0 bridgehead atoms. The summed E-state index contributed by atoms with van der Waals surface area (Å²) in [5.74, 6) is 2.53. The summed E-state index contributed by atoms with van der Waals surface area (Å²) in [6, 6.07) is 8.48. The fourth-order valence-corrected chi connectivity index (χ4v) is 3.13. The van der Waals surface area contributed by atoms with Gasteiger partial charge in [-0.1, -0.05) is 30.4 Å². The van der Waals surface area contributed by atoms with Crippen molar-refractivity contribution in [3.05, 3.63) is 42.0 Å². The van der Waals surface area contributed by atoms with E-state index in [1.807, 2.05) is 0 Å². The largest absolute Gasteiger partial charge is 0.493 e. The highest BCUT2D eigenvalue weighted by Gasteiger charge is 2.20. The lowest BCUT2D eigenvalue weighted by molar-refractivity contribution is 0.263. The van der Waals surface area contributed by atoms with Crippen LogP contribution >= 0.6 is 0 Å². The van der Waals surface area contributed by atoms with Gasteiger partial charge in [0.2, 0.25) is 0 Å². The second-order valence-electron chi connectivity index (χ2n) is 5.68. The minimum Gasteiger partial charge on any atom is -0.493 e. The second-order valence-corrected chi connectivity index (χ2v) is 5.68. The summed E-state index contributed by atoms with van der Waals surface area (Å²) in [7, 11) is 0. The van der Waals surface area contributed by atoms with Gasteiger partial charge in [-0.15, -0.1) is 0 Å². The number of benzene rings is 1. The Hall–Kier alpha value is -1.28. The topological polar surface area (TPSA) is 21.3 Å². The first-order valence-corrected chi connectivity index (χ1v) is 7.51. The molecule has 2 atom stereocenters. The molecule has 0 fully saturated rings.